The molecule has 1 aromatic heterocycles. The normalized spacial score (nSPS) is 9.56. The number of ether oxygens (including phenoxy) is 1. The van der Waals surface area contributed by atoms with Crippen LogP contribution in [0.25, 0.3) is 0 Å². The third-order valence-corrected chi connectivity index (χ3v) is 2.72. The Morgan fingerprint density at radius 1 is 1.44 bits per heavy atom. The van der Waals surface area contributed by atoms with Gasteiger partial charge >= 0.3 is 12.0 Å². The summed E-state index contributed by atoms with van der Waals surface area (Å²) >= 11 is 1.58. The summed E-state index contributed by atoms with van der Waals surface area (Å²) in [5.74, 6) is -0.335. The zero-order valence-corrected chi connectivity index (χ0v) is 9.80. The summed E-state index contributed by atoms with van der Waals surface area (Å²) in [5.41, 5.74) is 0. The second kappa shape index (κ2) is 6.84. The molecule has 16 heavy (non-hydrogen) atoms. The van der Waals surface area contributed by atoms with E-state index in [1.165, 1.54) is 7.11 Å². The van der Waals surface area contributed by atoms with Crippen molar-refractivity contribution in [1.29, 1.82) is 0 Å². The number of hydrogen-bond donors (Lipinski definition) is 2. The van der Waals surface area contributed by atoms with Gasteiger partial charge in [-0.25, -0.2) is 4.79 Å². The van der Waals surface area contributed by atoms with E-state index in [0.29, 0.717) is 6.54 Å². The highest BCUT2D eigenvalue weighted by Gasteiger charge is 2.03. The van der Waals surface area contributed by atoms with Crippen molar-refractivity contribution in [2.24, 2.45) is 0 Å². The van der Waals surface area contributed by atoms with Gasteiger partial charge in [0.2, 0.25) is 0 Å². The standard InChI is InChI=1S/C10H14N2O3S/c1-15-9(13)4-5-11-10(14)12-7-8-3-2-6-16-8/h2-3,6H,4-5,7H2,1H3,(H2,11,12,14). The number of thiophene rings is 1. The fraction of sp³-hybridized carbons (Fsp3) is 0.400. The monoisotopic (exact) mass is 242 g/mol. The van der Waals surface area contributed by atoms with E-state index in [2.05, 4.69) is 15.4 Å². The molecule has 0 aliphatic rings. The first-order valence-electron chi connectivity index (χ1n) is 4.83. The van der Waals surface area contributed by atoms with Gasteiger partial charge < -0.3 is 15.4 Å². The molecule has 2 amide bonds. The van der Waals surface area contributed by atoms with Crippen LogP contribution in [0.4, 0.5) is 4.79 Å². The topological polar surface area (TPSA) is 67.4 Å². The first-order valence-corrected chi connectivity index (χ1v) is 5.71. The average Bonchev–Trinajstić information content (AvgIpc) is 2.79. The van der Waals surface area contributed by atoms with E-state index in [9.17, 15) is 9.59 Å². The summed E-state index contributed by atoms with van der Waals surface area (Å²) in [6.07, 6.45) is 0.183. The maximum absolute atomic E-state index is 11.2. The number of methoxy groups -OCH3 is 1. The molecule has 0 aliphatic heterocycles. The van der Waals surface area contributed by atoms with Crippen LogP contribution >= 0.6 is 11.3 Å². The van der Waals surface area contributed by atoms with Crippen molar-refractivity contribution in [3.63, 3.8) is 0 Å². The molecular weight excluding hydrogens is 228 g/mol. The number of amides is 2. The zero-order valence-electron chi connectivity index (χ0n) is 8.99. The summed E-state index contributed by atoms with van der Waals surface area (Å²) in [7, 11) is 1.32. The van der Waals surface area contributed by atoms with Crippen LogP contribution in [0.1, 0.15) is 11.3 Å². The minimum absolute atomic E-state index is 0.183. The van der Waals surface area contributed by atoms with Crippen molar-refractivity contribution in [3.05, 3.63) is 22.4 Å². The highest BCUT2D eigenvalue weighted by Crippen LogP contribution is 2.06. The number of hydrogen-bond acceptors (Lipinski definition) is 4. The quantitative estimate of drug-likeness (QED) is 0.760. The largest absolute Gasteiger partial charge is 0.469 e. The molecule has 1 aromatic rings. The lowest BCUT2D eigenvalue weighted by molar-refractivity contribution is -0.140. The summed E-state index contributed by atoms with van der Waals surface area (Å²) in [6, 6.07) is 3.59. The zero-order chi connectivity index (χ0) is 11.8. The first-order chi connectivity index (χ1) is 7.72. The minimum atomic E-state index is -0.335. The van der Waals surface area contributed by atoms with Gasteiger partial charge in [-0.1, -0.05) is 6.07 Å². The molecule has 0 aliphatic carbocycles. The van der Waals surface area contributed by atoms with E-state index in [0.717, 1.165) is 4.88 Å². The van der Waals surface area contributed by atoms with Gasteiger partial charge in [0.1, 0.15) is 0 Å². The van der Waals surface area contributed by atoms with Gasteiger partial charge in [-0.15, -0.1) is 11.3 Å². The molecule has 0 atom stereocenters. The molecule has 1 heterocycles. The number of urea groups is 1. The van der Waals surface area contributed by atoms with Crippen molar-refractivity contribution in [3.8, 4) is 0 Å². The molecule has 0 saturated heterocycles. The maximum Gasteiger partial charge on any atom is 0.315 e. The van der Waals surface area contributed by atoms with Crippen molar-refractivity contribution in [2.45, 2.75) is 13.0 Å². The number of carbonyl (C=O) groups is 2. The van der Waals surface area contributed by atoms with Crippen LogP contribution in [0, 0.1) is 0 Å². The van der Waals surface area contributed by atoms with Crippen molar-refractivity contribution in [1.82, 2.24) is 10.6 Å². The predicted molar refractivity (Wildman–Crippen MR) is 61.2 cm³/mol. The fourth-order valence-corrected chi connectivity index (χ4v) is 1.67. The van der Waals surface area contributed by atoms with Gasteiger partial charge in [0, 0.05) is 11.4 Å². The van der Waals surface area contributed by atoms with Crippen molar-refractivity contribution >= 4 is 23.3 Å². The van der Waals surface area contributed by atoms with E-state index in [1.54, 1.807) is 11.3 Å². The number of rotatable bonds is 5. The summed E-state index contributed by atoms with van der Waals surface area (Å²) in [6.45, 7) is 0.782. The van der Waals surface area contributed by atoms with E-state index < -0.39 is 0 Å². The Bertz CT molecular complexity index is 338. The van der Waals surface area contributed by atoms with Gasteiger partial charge in [-0.3, -0.25) is 4.79 Å². The third-order valence-electron chi connectivity index (χ3n) is 1.85. The summed E-state index contributed by atoms with van der Waals surface area (Å²) < 4.78 is 4.44. The fourth-order valence-electron chi connectivity index (χ4n) is 1.02. The predicted octanol–water partition coefficient (Wildman–Crippen LogP) is 1.11. The van der Waals surface area contributed by atoms with Crippen molar-refractivity contribution < 1.29 is 14.3 Å². The van der Waals surface area contributed by atoms with E-state index in [1.807, 2.05) is 17.5 Å². The Morgan fingerprint density at radius 2 is 2.25 bits per heavy atom. The summed E-state index contributed by atoms with van der Waals surface area (Å²) in [4.78, 5) is 23.1. The molecular formula is C10H14N2O3S. The maximum atomic E-state index is 11.2. The van der Waals surface area contributed by atoms with Gasteiger partial charge in [-0.05, 0) is 11.4 Å². The Morgan fingerprint density at radius 3 is 2.88 bits per heavy atom. The number of esters is 1. The minimum Gasteiger partial charge on any atom is -0.469 e. The van der Waals surface area contributed by atoms with Crippen LogP contribution in [-0.2, 0) is 16.1 Å². The lowest BCUT2D eigenvalue weighted by Crippen LogP contribution is -2.36. The molecule has 2 N–H and O–H groups in total. The first kappa shape index (κ1) is 12.5. The lowest BCUT2D eigenvalue weighted by Gasteiger charge is -2.05. The molecule has 5 nitrogen and oxygen atoms in total. The lowest BCUT2D eigenvalue weighted by atomic mass is 10.4. The van der Waals surface area contributed by atoms with Gasteiger partial charge in [0.25, 0.3) is 0 Å². The highest BCUT2D eigenvalue weighted by atomic mass is 32.1. The number of nitrogens with one attached hydrogen (secondary N) is 2. The average molecular weight is 242 g/mol. The van der Waals surface area contributed by atoms with Crippen LogP contribution in [0.3, 0.4) is 0 Å². The Kier molecular flexibility index (Phi) is 5.35. The molecule has 88 valence electrons. The van der Waals surface area contributed by atoms with Crippen LogP contribution in [0.2, 0.25) is 0 Å². The van der Waals surface area contributed by atoms with Crippen molar-refractivity contribution in [2.75, 3.05) is 13.7 Å². The molecule has 0 spiro atoms. The molecule has 6 heteroatoms. The second-order valence-corrected chi connectivity index (χ2v) is 4.05. The smallest absolute Gasteiger partial charge is 0.315 e. The van der Waals surface area contributed by atoms with Crippen LogP contribution in [0.15, 0.2) is 17.5 Å². The van der Waals surface area contributed by atoms with Crippen LogP contribution in [-0.4, -0.2) is 25.7 Å². The van der Waals surface area contributed by atoms with E-state index >= 15 is 0 Å². The van der Waals surface area contributed by atoms with Crippen LogP contribution < -0.4 is 10.6 Å². The third kappa shape index (κ3) is 4.79. The number of carbonyl (C=O) groups excluding carboxylic acids is 2. The molecule has 0 bridgehead atoms. The van der Waals surface area contributed by atoms with E-state index in [-0.39, 0.29) is 25.0 Å². The molecule has 1 rings (SSSR count). The van der Waals surface area contributed by atoms with Crippen LogP contribution in [0.5, 0.6) is 0 Å². The Balaban J connectivity index is 2.09. The second-order valence-electron chi connectivity index (χ2n) is 3.01. The van der Waals surface area contributed by atoms with Gasteiger partial charge in [0.05, 0.1) is 20.1 Å². The molecule has 0 unspecified atom stereocenters. The van der Waals surface area contributed by atoms with Gasteiger partial charge in [-0.2, -0.15) is 0 Å². The Labute approximate surface area is 97.8 Å². The summed E-state index contributed by atoms with van der Waals surface area (Å²) in [5, 5.41) is 7.20. The molecule has 0 aromatic carbocycles. The highest BCUT2D eigenvalue weighted by molar-refractivity contribution is 7.09. The van der Waals surface area contributed by atoms with E-state index in [4.69, 9.17) is 0 Å². The molecule has 0 radical (unpaired) electrons. The SMILES string of the molecule is COC(=O)CCNC(=O)NCc1cccs1. The molecule has 0 saturated carbocycles. The molecule has 0 fully saturated rings. The van der Waals surface area contributed by atoms with Gasteiger partial charge in [0.15, 0.2) is 0 Å². The Hall–Kier alpha value is -1.56.